The summed E-state index contributed by atoms with van der Waals surface area (Å²) < 4.78 is 5.14. The third-order valence-corrected chi connectivity index (χ3v) is 1.76. The zero-order valence-electron chi connectivity index (χ0n) is 7.05. The molecule has 1 aliphatic heterocycles. The summed E-state index contributed by atoms with van der Waals surface area (Å²) in [6.07, 6.45) is 0.499. The molecular weight excluding hydrogens is 126 g/mol. The normalized spacial score (nSPS) is 27.0. The minimum Gasteiger partial charge on any atom is -0.371 e. The maximum atomic E-state index is 5.14. The summed E-state index contributed by atoms with van der Waals surface area (Å²) in [7, 11) is 0. The van der Waals surface area contributed by atoms with Crippen molar-refractivity contribution in [2.24, 2.45) is 5.92 Å². The van der Waals surface area contributed by atoms with Gasteiger partial charge in [-0.3, -0.25) is 0 Å². The number of hydrogen-bond acceptors (Lipinski definition) is 2. The van der Waals surface area contributed by atoms with Gasteiger partial charge in [0, 0.05) is 6.04 Å². The van der Waals surface area contributed by atoms with Gasteiger partial charge in [-0.15, -0.1) is 0 Å². The van der Waals surface area contributed by atoms with Crippen LogP contribution in [0.4, 0.5) is 0 Å². The van der Waals surface area contributed by atoms with Crippen molar-refractivity contribution >= 4 is 0 Å². The van der Waals surface area contributed by atoms with Crippen molar-refractivity contribution in [3.05, 3.63) is 0 Å². The van der Waals surface area contributed by atoms with Crippen LogP contribution in [0.5, 0.6) is 0 Å². The van der Waals surface area contributed by atoms with E-state index in [0.29, 0.717) is 12.1 Å². The summed E-state index contributed by atoms with van der Waals surface area (Å²) in [5.74, 6) is 0.737. The first-order chi connectivity index (χ1) is 4.70. The second kappa shape index (κ2) is 3.35. The molecule has 0 spiro atoms. The SMILES string of the molecule is CC(C)CNC(C)C1CO1. The van der Waals surface area contributed by atoms with E-state index in [4.69, 9.17) is 4.74 Å². The standard InChI is InChI=1S/C8H17NO/c1-6(2)4-9-7(3)8-5-10-8/h6-9H,4-5H2,1-3H3. The van der Waals surface area contributed by atoms with Gasteiger partial charge in [-0.25, -0.2) is 0 Å². The Balaban J connectivity index is 2.00. The Morgan fingerprint density at radius 1 is 1.50 bits per heavy atom. The Morgan fingerprint density at radius 2 is 2.10 bits per heavy atom. The summed E-state index contributed by atoms with van der Waals surface area (Å²) >= 11 is 0. The molecule has 10 heavy (non-hydrogen) atoms. The van der Waals surface area contributed by atoms with Crippen molar-refractivity contribution in [2.75, 3.05) is 13.2 Å². The molecule has 1 saturated heterocycles. The van der Waals surface area contributed by atoms with Crippen LogP contribution in [-0.4, -0.2) is 25.3 Å². The number of rotatable bonds is 4. The van der Waals surface area contributed by atoms with Crippen molar-refractivity contribution in [3.63, 3.8) is 0 Å². The highest BCUT2D eigenvalue weighted by Gasteiger charge is 2.28. The van der Waals surface area contributed by atoms with E-state index in [-0.39, 0.29) is 0 Å². The maximum Gasteiger partial charge on any atom is 0.0959 e. The smallest absolute Gasteiger partial charge is 0.0959 e. The third-order valence-electron chi connectivity index (χ3n) is 1.76. The lowest BCUT2D eigenvalue weighted by atomic mass is 10.2. The molecule has 0 amide bonds. The molecule has 0 aromatic carbocycles. The minimum atomic E-state index is 0.499. The van der Waals surface area contributed by atoms with E-state index in [0.717, 1.165) is 19.1 Å². The summed E-state index contributed by atoms with van der Waals surface area (Å²) in [6.45, 7) is 8.66. The lowest BCUT2D eigenvalue weighted by Gasteiger charge is -2.12. The predicted octanol–water partition coefficient (Wildman–Crippen LogP) is 1.02. The number of epoxide rings is 1. The molecule has 0 aromatic heterocycles. The molecule has 2 heteroatoms. The highest BCUT2D eigenvalue weighted by Crippen LogP contribution is 2.13. The fourth-order valence-electron chi connectivity index (χ4n) is 0.897. The van der Waals surface area contributed by atoms with E-state index < -0.39 is 0 Å². The van der Waals surface area contributed by atoms with Crippen molar-refractivity contribution in [1.82, 2.24) is 5.32 Å². The molecule has 1 fully saturated rings. The number of nitrogens with one attached hydrogen (secondary N) is 1. The largest absolute Gasteiger partial charge is 0.371 e. The minimum absolute atomic E-state index is 0.499. The fourth-order valence-corrected chi connectivity index (χ4v) is 0.897. The van der Waals surface area contributed by atoms with E-state index in [1.165, 1.54) is 0 Å². The Labute approximate surface area is 63.0 Å². The molecule has 0 aliphatic carbocycles. The molecular formula is C8H17NO. The summed E-state index contributed by atoms with van der Waals surface area (Å²) in [5, 5.41) is 3.42. The predicted molar refractivity (Wildman–Crippen MR) is 42.0 cm³/mol. The fraction of sp³-hybridized carbons (Fsp3) is 1.00. The monoisotopic (exact) mass is 143 g/mol. The van der Waals surface area contributed by atoms with E-state index in [2.05, 4.69) is 26.1 Å². The first kappa shape index (κ1) is 8.02. The lowest BCUT2D eigenvalue weighted by molar-refractivity contribution is 0.344. The van der Waals surface area contributed by atoms with Gasteiger partial charge in [0.25, 0.3) is 0 Å². The number of hydrogen-bond donors (Lipinski definition) is 1. The lowest BCUT2D eigenvalue weighted by Crippen LogP contribution is -2.33. The third kappa shape index (κ3) is 2.67. The van der Waals surface area contributed by atoms with Gasteiger partial charge in [0.15, 0.2) is 0 Å². The van der Waals surface area contributed by atoms with Crippen LogP contribution in [0, 0.1) is 5.92 Å². The highest BCUT2D eigenvalue weighted by molar-refractivity contribution is 4.81. The van der Waals surface area contributed by atoms with Crippen molar-refractivity contribution in [1.29, 1.82) is 0 Å². The van der Waals surface area contributed by atoms with Gasteiger partial charge in [-0.05, 0) is 19.4 Å². The van der Waals surface area contributed by atoms with E-state index in [1.54, 1.807) is 0 Å². The van der Waals surface area contributed by atoms with Crippen molar-refractivity contribution in [2.45, 2.75) is 32.9 Å². The van der Waals surface area contributed by atoms with Gasteiger partial charge >= 0.3 is 0 Å². The van der Waals surface area contributed by atoms with Gasteiger partial charge < -0.3 is 10.1 Å². The summed E-state index contributed by atoms with van der Waals surface area (Å²) in [4.78, 5) is 0. The van der Waals surface area contributed by atoms with Crippen molar-refractivity contribution in [3.8, 4) is 0 Å². The number of ether oxygens (including phenoxy) is 1. The molecule has 0 bridgehead atoms. The molecule has 0 saturated carbocycles. The molecule has 60 valence electrons. The average molecular weight is 143 g/mol. The van der Waals surface area contributed by atoms with E-state index >= 15 is 0 Å². The highest BCUT2D eigenvalue weighted by atomic mass is 16.6. The van der Waals surface area contributed by atoms with Crippen LogP contribution in [0.1, 0.15) is 20.8 Å². The molecule has 1 rings (SSSR count). The van der Waals surface area contributed by atoms with Gasteiger partial charge in [0.2, 0.25) is 0 Å². The first-order valence-electron chi connectivity index (χ1n) is 4.05. The van der Waals surface area contributed by atoms with Crippen LogP contribution in [0.2, 0.25) is 0 Å². The molecule has 1 N–H and O–H groups in total. The van der Waals surface area contributed by atoms with Crippen LogP contribution in [0.25, 0.3) is 0 Å². The summed E-state index contributed by atoms with van der Waals surface area (Å²) in [6, 6.07) is 0.544. The average Bonchev–Trinajstić information content (AvgIpc) is 2.63. The first-order valence-corrected chi connectivity index (χ1v) is 4.05. The Bertz CT molecular complexity index is 99.4. The van der Waals surface area contributed by atoms with Crippen LogP contribution < -0.4 is 5.32 Å². The zero-order valence-corrected chi connectivity index (χ0v) is 7.05. The second-order valence-corrected chi connectivity index (χ2v) is 3.46. The Hall–Kier alpha value is -0.0800. The zero-order chi connectivity index (χ0) is 7.56. The van der Waals surface area contributed by atoms with E-state index in [9.17, 15) is 0 Å². The molecule has 1 heterocycles. The molecule has 0 aromatic rings. The van der Waals surface area contributed by atoms with Gasteiger partial charge in [-0.2, -0.15) is 0 Å². The van der Waals surface area contributed by atoms with Gasteiger partial charge in [-0.1, -0.05) is 13.8 Å². The van der Waals surface area contributed by atoms with Crippen molar-refractivity contribution < 1.29 is 4.74 Å². The Morgan fingerprint density at radius 3 is 2.50 bits per heavy atom. The maximum absolute atomic E-state index is 5.14. The van der Waals surface area contributed by atoms with Crippen LogP contribution >= 0.6 is 0 Å². The topological polar surface area (TPSA) is 24.6 Å². The van der Waals surface area contributed by atoms with E-state index in [1.807, 2.05) is 0 Å². The molecule has 1 aliphatic rings. The molecule has 0 radical (unpaired) electrons. The van der Waals surface area contributed by atoms with Crippen LogP contribution in [0.3, 0.4) is 0 Å². The van der Waals surface area contributed by atoms with Crippen LogP contribution in [0.15, 0.2) is 0 Å². The van der Waals surface area contributed by atoms with Gasteiger partial charge in [0.1, 0.15) is 0 Å². The quantitative estimate of drug-likeness (QED) is 0.594. The summed E-state index contributed by atoms with van der Waals surface area (Å²) in [5.41, 5.74) is 0. The molecule has 2 atom stereocenters. The molecule has 2 nitrogen and oxygen atoms in total. The van der Waals surface area contributed by atoms with Gasteiger partial charge in [0.05, 0.1) is 12.7 Å². The Kier molecular flexibility index (Phi) is 2.69. The molecule has 2 unspecified atom stereocenters. The second-order valence-electron chi connectivity index (χ2n) is 3.46. The van der Waals surface area contributed by atoms with Crippen LogP contribution in [-0.2, 0) is 4.74 Å².